The summed E-state index contributed by atoms with van der Waals surface area (Å²) in [5, 5.41) is 0. The van der Waals surface area contributed by atoms with Crippen LogP contribution >= 0.6 is 0 Å². The summed E-state index contributed by atoms with van der Waals surface area (Å²) in [6, 6.07) is 0. The predicted octanol–water partition coefficient (Wildman–Crippen LogP) is 2.87. The molecule has 0 aromatic rings. The Morgan fingerprint density at radius 3 is 1.45 bits per heavy atom. The maximum Gasteiger partial charge on any atom is 0.284 e. The molecule has 0 aromatic heterocycles. The van der Waals surface area contributed by atoms with E-state index in [9.17, 15) is 17.6 Å². The normalized spacial score (nSPS) is 49.6. The Kier molecular flexibility index (Phi) is 1.52. The van der Waals surface area contributed by atoms with Gasteiger partial charge < -0.3 is 0 Å². The van der Waals surface area contributed by atoms with Crippen molar-refractivity contribution in [2.45, 2.75) is 43.9 Å². The van der Waals surface area contributed by atoms with Crippen molar-refractivity contribution >= 4 is 0 Å². The molecule has 0 N–H and O–H groups in total. The highest BCUT2D eigenvalue weighted by Gasteiger charge is 2.63. The molecule has 2 unspecified atom stereocenters. The van der Waals surface area contributed by atoms with Crippen LogP contribution in [-0.4, -0.2) is 17.3 Å². The van der Waals surface area contributed by atoms with Crippen molar-refractivity contribution < 1.29 is 17.6 Å². The van der Waals surface area contributed by atoms with Crippen molar-refractivity contribution in [1.82, 2.24) is 0 Å². The molecule has 0 bridgehead atoms. The third-order valence-electron chi connectivity index (χ3n) is 2.05. The van der Waals surface area contributed by atoms with Crippen LogP contribution in [0.2, 0.25) is 0 Å². The zero-order valence-electron chi connectivity index (χ0n) is 6.43. The summed E-state index contributed by atoms with van der Waals surface area (Å²) in [5.41, 5.74) is -4.75. The van der Waals surface area contributed by atoms with E-state index in [0.717, 1.165) is 13.8 Å². The summed E-state index contributed by atoms with van der Waals surface area (Å²) >= 11 is 0. The Morgan fingerprint density at radius 1 is 0.909 bits per heavy atom. The molecule has 2 atom stereocenters. The van der Waals surface area contributed by atoms with Crippen molar-refractivity contribution in [3.8, 4) is 0 Å². The molecular weight excluding hydrogens is 160 g/mol. The number of hydrogen-bond donors (Lipinski definition) is 0. The molecule has 0 spiro atoms. The van der Waals surface area contributed by atoms with E-state index in [0.29, 0.717) is 0 Å². The first-order valence-corrected chi connectivity index (χ1v) is 3.42. The van der Waals surface area contributed by atoms with Gasteiger partial charge in [0.1, 0.15) is 5.67 Å². The molecule has 0 saturated heterocycles. The molecule has 0 aliphatic heterocycles. The molecule has 4 heteroatoms. The largest absolute Gasteiger partial charge is 0.284 e. The highest BCUT2D eigenvalue weighted by molar-refractivity contribution is 5.05. The minimum Gasteiger partial charge on any atom is -0.244 e. The van der Waals surface area contributed by atoms with Crippen LogP contribution < -0.4 is 0 Å². The van der Waals surface area contributed by atoms with E-state index >= 15 is 0 Å². The molecule has 1 saturated carbocycles. The molecule has 1 aliphatic carbocycles. The topological polar surface area (TPSA) is 0 Å². The van der Waals surface area contributed by atoms with Crippen molar-refractivity contribution in [2.24, 2.45) is 0 Å². The highest BCUT2D eigenvalue weighted by Crippen LogP contribution is 2.52. The van der Waals surface area contributed by atoms with Gasteiger partial charge in [0.05, 0.1) is 0 Å². The molecule has 0 heterocycles. The molecule has 11 heavy (non-hydrogen) atoms. The third-order valence-corrected chi connectivity index (χ3v) is 2.05. The van der Waals surface area contributed by atoms with Crippen LogP contribution in [-0.2, 0) is 0 Å². The molecule has 1 fully saturated rings. The summed E-state index contributed by atoms with van der Waals surface area (Å²) in [6.45, 7) is 1.75. The first-order chi connectivity index (χ1) is 4.66. The Morgan fingerprint density at radius 2 is 1.36 bits per heavy atom. The lowest BCUT2D eigenvalue weighted by Gasteiger charge is -2.20. The predicted molar refractivity (Wildman–Crippen MR) is 33.2 cm³/mol. The van der Waals surface area contributed by atoms with Crippen LogP contribution in [0.15, 0.2) is 0 Å². The van der Waals surface area contributed by atoms with Gasteiger partial charge in [-0.05, 0) is 13.8 Å². The molecule has 1 aliphatic rings. The van der Waals surface area contributed by atoms with Crippen LogP contribution in [0.4, 0.5) is 17.6 Å². The lowest BCUT2D eigenvalue weighted by molar-refractivity contribution is -0.106. The number of hydrogen-bond acceptors (Lipinski definition) is 0. The standard InChI is InChI=1S/C7H10F4/c1-5(8)3-6(2,9)7(10,11)4-5/h3-4H2,1-2H3. The zero-order chi connectivity index (χ0) is 8.91. The Hall–Kier alpha value is -0.280. The molecule has 0 nitrogen and oxygen atoms in total. The fourth-order valence-corrected chi connectivity index (χ4v) is 1.53. The second-order valence-electron chi connectivity index (χ2n) is 3.67. The van der Waals surface area contributed by atoms with Crippen LogP contribution in [0.25, 0.3) is 0 Å². The second kappa shape index (κ2) is 1.90. The molecule has 66 valence electrons. The van der Waals surface area contributed by atoms with Gasteiger partial charge >= 0.3 is 0 Å². The number of alkyl halides is 4. The summed E-state index contributed by atoms with van der Waals surface area (Å²) in [6.07, 6.45) is -1.72. The summed E-state index contributed by atoms with van der Waals surface area (Å²) in [4.78, 5) is 0. The van der Waals surface area contributed by atoms with Gasteiger partial charge in [-0.3, -0.25) is 0 Å². The van der Waals surface area contributed by atoms with E-state index in [4.69, 9.17) is 0 Å². The van der Waals surface area contributed by atoms with Gasteiger partial charge in [0.25, 0.3) is 5.92 Å². The van der Waals surface area contributed by atoms with Crippen LogP contribution in [0.5, 0.6) is 0 Å². The second-order valence-corrected chi connectivity index (χ2v) is 3.67. The van der Waals surface area contributed by atoms with E-state index in [-0.39, 0.29) is 0 Å². The smallest absolute Gasteiger partial charge is 0.244 e. The van der Waals surface area contributed by atoms with E-state index in [1.165, 1.54) is 0 Å². The Bertz CT molecular complexity index is 153. The summed E-state index contributed by atoms with van der Waals surface area (Å²) < 4.78 is 51.0. The lowest BCUT2D eigenvalue weighted by atomic mass is 10.0. The van der Waals surface area contributed by atoms with Crippen molar-refractivity contribution in [1.29, 1.82) is 0 Å². The van der Waals surface area contributed by atoms with Crippen LogP contribution in [0.3, 0.4) is 0 Å². The average Bonchev–Trinajstić information content (AvgIpc) is 1.66. The van der Waals surface area contributed by atoms with Crippen molar-refractivity contribution in [3.63, 3.8) is 0 Å². The molecule has 0 aromatic carbocycles. The molecule has 0 amide bonds. The summed E-state index contributed by atoms with van der Waals surface area (Å²) in [7, 11) is 0. The van der Waals surface area contributed by atoms with Gasteiger partial charge in [-0.2, -0.15) is 0 Å². The maximum absolute atomic E-state index is 12.9. The van der Waals surface area contributed by atoms with Crippen molar-refractivity contribution in [3.05, 3.63) is 0 Å². The number of halogens is 4. The highest BCUT2D eigenvalue weighted by atomic mass is 19.3. The van der Waals surface area contributed by atoms with Crippen LogP contribution in [0, 0.1) is 0 Å². The van der Waals surface area contributed by atoms with Gasteiger partial charge in [-0.1, -0.05) is 0 Å². The van der Waals surface area contributed by atoms with Gasteiger partial charge in [0, 0.05) is 12.8 Å². The monoisotopic (exact) mass is 170 g/mol. The SMILES string of the molecule is CC1(F)CC(C)(F)C(F)(F)C1. The van der Waals surface area contributed by atoms with Gasteiger partial charge in [0.2, 0.25) is 0 Å². The molecule has 0 radical (unpaired) electrons. The van der Waals surface area contributed by atoms with E-state index in [2.05, 4.69) is 0 Å². The maximum atomic E-state index is 12.9. The average molecular weight is 170 g/mol. The van der Waals surface area contributed by atoms with Gasteiger partial charge in [-0.15, -0.1) is 0 Å². The molecular formula is C7H10F4. The fourth-order valence-electron chi connectivity index (χ4n) is 1.53. The Labute approximate surface area is 62.6 Å². The zero-order valence-corrected chi connectivity index (χ0v) is 6.43. The summed E-state index contributed by atoms with van der Waals surface area (Å²) in [5.74, 6) is -3.52. The van der Waals surface area contributed by atoms with Gasteiger partial charge in [-0.25, -0.2) is 17.6 Å². The quantitative estimate of drug-likeness (QED) is 0.490. The first kappa shape index (κ1) is 8.81. The van der Waals surface area contributed by atoms with Crippen molar-refractivity contribution in [2.75, 3.05) is 0 Å². The minimum atomic E-state index is -3.52. The lowest BCUT2D eigenvalue weighted by Crippen LogP contribution is -2.35. The van der Waals surface area contributed by atoms with E-state index in [1.807, 2.05) is 0 Å². The van der Waals surface area contributed by atoms with Gasteiger partial charge in [0.15, 0.2) is 5.67 Å². The first-order valence-electron chi connectivity index (χ1n) is 3.42. The molecule has 1 rings (SSSR count). The van der Waals surface area contributed by atoms with Crippen LogP contribution in [0.1, 0.15) is 26.7 Å². The van der Waals surface area contributed by atoms with E-state index in [1.54, 1.807) is 0 Å². The van der Waals surface area contributed by atoms with E-state index < -0.39 is 30.1 Å². The third kappa shape index (κ3) is 1.35. The minimum absolute atomic E-state index is 0.715. The Balaban J connectivity index is 2.89. The number of rotatable bonds is 0. The fraction of sp³-hybridized carbons (Fsp3) is 1.00.